The number of morpholine rings is 1. The van der Waals surface area contributed by atoms with Gasteiger partial charge in [-0.1, -0.05) is 43.3 Å². The third-order valence-corrected chi connectivity index (χ3v) is 5.34. The number of benzene rings is 1. The Kier molecular flexibility index (Phi) is 6.65. The van der Waals surface area contributed by atoms with Gasteiger partial charge in [-0.25, -0.2) is 0 Å². The van der Waals surface area contributed by atoms with E-state index in [4.69, 9.17) is 4.74 Å². The van der Waals surface area contributed by atoms with Gasteiger partial charge in [0.25, 0.3) is 0 Å². The van der Waals surface area contributed by atoms with E-state index in [1.54, 1.807) is 0 Å². The zero-order valence-electron chi connectivity index (χ0n) is 15.3. The number of nitrogens with zero attached hydrogens (tertiary/aromatic N) is 2. The van der Waals surface area contributed by atoms with Gasteiger partial charge in [0.15, 0.2) is 0 Å². The predicted octanol–water partition coefficient (Wildman–Crippen LogP) is 2.83. The van der Waals surface area contributed by atoms with Gasteiger partial charge in [0.1, 0.15) is 0 Å². The molecule has 0 unspecified atom stereocenters. The predicted molar refractivity (Wildman–Crippen MR) is 101 cm³/mol. The summed E-state index contributed by atoms with van der Waals surface area (Å²) in [6, 6.07) is 8.60. The highest BCUT2D eigenvalue weighted by molar-refractivity contribution is 5.78. The molecule has 136 valence electrons. The van der Waals surface area contributed by atoms with Gasteiger partial charge in [-0.15, -0.1) is 0 Å². The lowest BCUT2D eigenvalue weighted by molar-refractivity contribution is -0.134. The second-order valence-electron chi connectivity index (χ2n) is 7.02. The monoisotopic (exact) mass is 342 g/mol. The minimum absolute atomic E-state index is 0.278. The van der Waals surface area contributed by atoms with Crippen LogP contribution in [-0.2, 0) is 16.0 Å². The van der Waals surface area contributed by atoms with E-state index in [2.05, 4.69) is 48.2 Å². The molecule has 0 aliphatic carbocycles. The number of allylic oxidation sites excluding steroid dienone is 1. The SMILES string of the molecule is CCc1ccccc1C=CC1CCN(C(=O)CN2CCOCC2)CC1. The average Bonchev–Trinajstić information content (AvgIpc) is 2.67. The van der Waals surface area contributed by atoms with Crippen molar-refractivity contribution in [3.05, 3.63) is 41.5 Å². The van der Waals surface area contributed by atoms with Crippen molar-refractivity contribution in [1.29, 1.82) is 0 Å². The molecule has 2 saturated heterocycles. The van der Waals surface area contributed by atoms with Crippen LogP contribution in [0.25, 0.3) is 6.08 Å². The Labute approximate surface area is 151 Å². The van der Waals surface area contributed by atoms with Gasteiger partial charge < -0.3 is 9.64 Å². The highest BCUT2D eigenvalue weighted by atomic mass is 16.5. The van der Waals surface area contributed by atoms with Crippen molar-refractivity contribution in [1.82, 2.24) is 9.80 Å². The largest absolute Gasteiger partial charge is 0.379 e. The van der Waals surface area contributed by atoms with E-state index in [-0.39, 0.29) is 5.91 Å². The lowest BCUT2D eigenvalue weighted by Crippen LogP contribution is -2.46. The van der Waals surface area contributed by atoms with Crippen molar-refractivity contribution < 1.29 is 9.53 Å². The third kappa shape index (κ3) is 5.16. The topological polar surface area (TPSA) is 32.8 Å². The number of likely N-dealkylation sites (tertiary alicyclic amines) is 1. The summed E-state index contributed by atoms with van der Waals surface area (Å²) in [7, 11) is 0. The molecule has 2 aliphatic rings. The van der Waals surface area contributed by atoms with E-state index < -0.39 is 0 Å². The molecule has 0 spiro atoms. The van der Waals surface area contributed by atoms with Crippen molar-refractivity contribution in [3.8, 4) is 0 Å². The van der Waals surface area contributed by atoms with Crippen molar-refractivity contribution in [2.45, 2.75) is 26.2 Å². The second-order valence-corrected chi connectivity index (χ2v) is 7.02. The Morgan fingerprint density at radius 2 is 1.88 bits per heavy atom. The molecule has 25 heavy (non-hydrogen) atoms. The van der Waals surface area contributed by atoms with E-state index in [9.17, 15) is 4.79 Å². The molecule has 1 aromatic rings. The highest BCUT2D eigenvalue weighted by Gasteiger charge is 2.23. The molecule has 1 aromatic carbocycles. The third-order valence-electron chi connectivity index (χ3n) is 5.34. The summed E-state index contributed by atoms with van der Waals surface area (Å²) in [5, 5.41) is 0. The molecule has 0 bridgehead atoms. The van der Waals surface area contributed by atoms with Crippen LogP contribution in [0.4, 0.5) is 0 Å². The molecule has 0 saturated carbocycles. The van der Waals surface area contributed by atoms with Gasteiger partial charge >= 0.3 is 0 Å². The quantitative estimate of drug-likeness (QED) is 0.825. The number of carbonyl (C=O) groups excluding carboxylic acids is 1. The Balaban J connectivity index is 1.46. The molecule has 2 fully saturated rings. The lowest BCUT2D eigenvalue weighted by atomic mass is 9.94. The molecular formula is C21H30N2O2. The van der Waals surface area contributed by atoms with E-state index in [1.165, 1.54) is 11.1 Å². The van der Waals surface area contributed by atoms with Crippen LogP contribution in [0.5, 0.6) is 0 Å². The van der Waals surface area contributed by atoms with Crippen molar-refractivity contribution >= 4 is 12.0 Å². The molecule has 4 nitrogen and oxygen atoms in total. The first-order valence-electron chi connectivity index (χ1n) is 9.60. The molecular weight excluding hydrogens is 312 g/mol. The van der Waals surface area contributed by atoms with Crippen LogP contribution in [0.1, 0.15) is 30.9 Å². The molecule has 4 heteroatoms. The Bertz CT molecular complexity index is 585. The fraction of sp³-hybridized carbons (Fsp3) is 0.571. The van der Waals surface area contributed by atoms with E-state index in [0.717, 1.165) is 58.7 Å². The number of hydrogen-bond donors (Lipinski definition) is 0. The maximum Gasteiger partial charge on any atom is 0.236 e. The maximum absolute atomic E-state index is 12.5. The van der Waals surface area contributed by atoms with Crippen molar-refractivity contribution in [3.63, 3.8) is 0 Å². The van der Waals surface area contributed by atoms with Gasteiger partial charge in [0, 0.05) is 26.2 Å². The van der Waals surface area contributed by atoms with Crippen molar-refractivity contribution in [2.24, 2.45) is 5.92 Å². The van der Waals surface area contributed by atoms with Crippen LogP contribution < -0.4 is 0 Å². The van der Waals surface area contributed by atoms with Gasteiger partial charge in [-0.3, -0.25) is 9.69 Å². The lowest BCUT2D eigenvalue weighted by Gasteiger charge is -2.33. The molecule has 0 N–H and O–H groups in total. The fourth-order valence-corrected chi connectivity index (χ4v) is 3.65. The number of aryl methyl sites for hydroxylation is 1. The number of amides is 1. The number of carbonyl (C=O) groups is 1. The van der Waals surface area contributed by atoms with Crippen LogP contribution in [0, 0.1) is 5.92 Å². The molecule has 3 rings (SSSR count). The number of piperidine rings is 1. The molecule has 1 amide bonds. The molecule has 2 aliphatic heterocycles. The summed E-state index contributed by atoms with van der Waals surface area (Å²) >= 11 is 0. The Morgan fingerprint density at radius 3 is 2.60 bits per heavy atom. The van der Waals surface area contributed by atoms with Crippen LogP contribution in [0.15, 0.2) is 30.3 Å². The zero-order valence-corrected chi connectivity index (χ0v) is 15.3. The smallest absolute Gasteiger partial charge is 0.236 e. The van der Waals surface area contributed by atoms with Crippen molar-refractivity contribution in [2.75, 3.05) is 45.9 Å². The number of hydrogen-bond acceptors (Lipinski definition) is 3. The minimum Gasteiger partial charge on any atom is -0.379 e. The Hall–Kier alpha value is -1.65. The number of ether oxygens (including phenoxy) is 1. The first-order chi connectivity index (χ1) is 12.3. The fourth-order valence-electron chi connectivity index (χ4n) is 3.65. The second kappa shape index (κ2) is 9.16. The van der Waals surface area contributed by atoms with Gasteiger partial charge in [-0.05, 0) is 36.3 Å². The van der Waals surface area contributed by atoms with Crippen LogP contribution in [-0.4, -0.2) is 61.6 Å². The summed E-state index contributed by atoms with van der Waals surface area (Å²) in [5.41, 5.74) is 2.73. The average molecular weight is 342 g/mol. The standard InChI is InChI=1S/C21H30N2O2/c1-2-19-5-3-4-6-20(19)8-7-18-9-11-23(12-10-18)21(24)17-22-13-15-25-16-14-22/h3-8,18H,2,9-17H2,1H3. The summed E-state index contributed by atoms with van der Waals surface area (Å²) in [6.45, 7) is 7.77. The highest BCUT2D eigenvalue weighted by Crippen LogP contribution is 2.21. The van der Waals surface area contributed by atoms with Gasteiger partial charge in [-0.2, -0.15) is 0 Å². The molecule has 0 aromatic heterocycles. The zero-order chi connectivity index (χ0) is 17.5. The molecule has 0 atom stereocenters. The normalized spacial score (nSPS) is 20.3. The first-order valence-corrected chi connectivity index (χ1v) is 9.60. The van der Waals surface area contributed by atoms with E-state index in [0.29, 0.717) is 12.5 Å². The molecule has 2 heterocycles. The van der Waals surface area contributed by atoms with E-state index in [1.807, 2.05) is 4.90 Å². The summed E-state index contributed by atoms with van der Waals surface area (Å²) in [5.74, 6) is 0.859. The summed E-state index contributed by atoms with van der Waals surface area (Å²) < 4.78 is 5.35. The molecule has 0 radical (unpaired) electrons. The van der Waals surface area contributed by atoms with Crippen LogP contribution in [0.2, 0.25) is 0 Å². The minimum atomic E-state index is 0.278. The van der Waals surface area contributed by atoms with E-state index >= 15 is 0 Å². The van der Waals surface area contributed by atoms with Crippen LogP contribution in [0.3, 0.4) is 0 Å². The van der Waals surface area contributed by atoms with Gasteiger partial charge in [0.2, 0.25) is 5.91 Å². The number of rotatable bonds is 5. The van der Waals surface area contributed by atoms with Gasteiger partial charge in [0.05, 0.1) is 19.8 Å². The summed E-state index contributed by atoms with van der Waals surface area (Å²) in [4.78, 5) is 16.7. The van der Waals surface area contributed by atoms with Crippen LogP contribution >= 0.6 is 0 Å². The maximum atomic E-state index is 12.5. The first kappa shape index (κ1) is 18.2. The summed E-state index contributed by atoms with van der Waals surface area (Å²) in [6.07, 6.45) is 7.82. The Morgan fingerprint density at radius 1 is 1.16 bits per heavy atom.